The Hall–Kier alpha value is -1.10. The number of carboxylic acids is 1. The van der Waals surface area contributed by atoms with Crippen molar-refractivity contribution in [2.45, 2.75) is 19.4 Å². The Bertz CT molecular complexity index is 384. The summed E-state index contributed by atoms with van der Waals surface area (Å²) >= 11 is 5.91. The zero-order valence-corrected chi connectivity index (χ0v) is 10.9. The summed E-state index contributed by atoms with van der Waals surface area (Å²) in [6.45, 7) is 1.91. The van der Waals surface area contributed by atoms with Crippen LogP contribution in [0.15, 0.2) is 24.3 Å². The lowest BCUT2D eigenvalue weighted by Crippen LogP contribution is -2.27. The summed E-state index contributed by atoms with van der Waals surface area (Å²) in [5.41, 5.74) is 1.05. The van der Waals surface area contributed by atoms with Crippen LogP contribution in [0.2, 0.25) is 5.02 Å². The molecule has 0 aliphatic heterocycles. The van der Waals surface area contributed by atoms with Gasteiger partial charge in [0, 0.05) is 31.3 Å². The minimum atomic E-state index is -0.810. The van der Waals surface area contributed by atoms with Crippen LogP contribution in [-0.4, -0.2) is 40.8 Å². The molecule has 0 heterocycles. The monoisotopic (exact) mass is 271 g/mol. The Balaban J connectivity index is 2.56. The highest BCUT2D eigenvalue weighted by atomic mass is 35.5. The molecule has 0 aromatic heterocycles. The van der Waals surface area contributed by atoms with Crippen molar-refractivity contribution in [2.75, 3.05) is 19.7 Å². The van der Waals surface area contributed by atoms with E-state index in [0.29, 0.717) is 31.1 Å². The molecule has 1 rings (SSSR count). The van der Waals surface area contributed by atoms with Crippen molar-refractivity contribution in [3.05, 3.63) is 34.9 Å². The van der Waals surface area contributed by atoms with E-state index in [4.69, 9.17) is 21.8 Å². The maximum absolute atomic E-state index is 10.6. The van der Waals surface area contributed by atoms with Gasteiger partial charge in [0.2, 0.25) is 0 Å². The molecule has 2 N–H and O–H groups in total. The van der Waals surface area contributed by atoms with Crippen molar-refractivity contribution < 1.29 is 15.0 Å². The predicted molar refractivity (Wildman–Crippen MR) is 70.7 cm³/mol. The molecule has 4 nitrogen and oxygen atoms in total. The second-order valence-electron chi connectivity index (χ2n) is 4.13. The van der Waals surface area contributed by atoms with Crippen LogP contribution in [-0.2, 0) is 11.3 Å². The molecule has 0 bridgehead atoms. The molecule has 0 spiro atoms. The quantitative estimate of drug-likeness (QED) is 0.759. The van der Waals surface area contributed by atoms with Crippen molar-refractivity contribution in [3.8, 4) is 0 Å². The van der Waals surface area contributed by atoms with E-state index in [1.807, 2.05) is 23.1 Å². The molecular weight excluding hydrogens is 254 g/mol. The molecular formula is C13H18ClNO3. The highest BCUT2D eigenvalue weighted by Gasteiger charge is 2.08. The average Bonchev–Trinajstić information content (AvgIpc) is 2.32. The van der Waals surface area contributed by atoms with E-state index in [1.165, 1.54) is 0 Å². The molecule has 5 heteroatoms. The summed E-state index contributed by atoms with van der Waals surface area (Å²) in [6, 6.07) is 7.51. The van der Waals surface area contributed by atoms with E-state index in [0.717, 1.165) is 5.56 Å². The predicted octanol–water partition coefficient (Wildman–Crippen LogP) is 2.00. The van der Waals surface area contributed by atoms with Crippen molar-refractivity contribution >= 4 is 17.6 Å². The van der Waals surface area contributed by atoms with Gasteiger partial charge in [-0.05, 0) is 24.1 Å². The van der Waals surface area contributed by atoms with Gasteiger partial charge < -0.3 is 10.2 Å². The normalized spacial score (nSPS) is 10.8. The minimum Gasteiger partial charge on any atom is -0.481 e. The first-order valence-electron chi connectivity index (χ1n) is 5.91. The van der Waals surface area contributed by atoms with E-state index >= 15 is 0 Å². The highest BCUT2D eigenvalue weighted by molar-refractivity contribution is 6.30. The van der Waals surface area contributed by atoms with Crippen LogP contribution < -0.4 is 0 Å². The smallest absolute Gasteiger partial charge is 0.304 e. The van der Waals surface area contributed by atoms with Gasteiger partial charge >= 0.3 is 5.97 Å². The van der Waals surface area contributed by atoms with Crippen LogP contribution >= 0.6 is 11.6 Å². The molecule has 0 aliphatic rings. The van der Waals surface area contributed by atoms with E-state index in [9.17, 15) is 4.79 Å². The van der Waals surface area contributed by atoms with Gasteiger partial charge in [0.25, 0.3) is 0 Å². The lowest BCUT2D eigenvalue weighted by Gasteiger charge is -2.21. The lowest BCUT2D eigenvalue weighted by molar-refractivity contribution is -0.137. The van der Waals surface area contributed by atoms with Crippen LogP contribution in [0.25, 0.3) is 0 Å². The van der Waals surface area contributed by atoms with Gasteiger partial charge in [0.15, 0.2) is 0 Å². The number of rotatable bonds is 8. The molecule has 1 aromatic rings. The number of aliphatic hydroxyl groups is 1. The number of carbonyl (C=O) groups is 1. The van der Waals surface area contributed by atoms with Crippen molar-refractivity contribution in [1.82, 2.24) is 4.90 Å². The molecule has 0 unspecified atom stereocenters. The number of carboxylic acid groups (broad SMARTS) is 1. The second-order valence-corrected chi connectivity index (χ2v) is 4.56. The Morgan fingerprint density at radius 3 is 2.72 bits per heavy atom. The number of hydrogen-bond donors (Lipinski definition) is 2. The summed E-state index contributed by atoms with van der Waals surface area (Å²) in [5.74, 6) is -0.810. The van der Waals surface area contributed by atoms with Crippen LogP contribution in [0.1, 0.15) is 18.4 Å². The summed E-state index contributed by atoms with van der Waals surface area (Å²) in [4.78, 5) is 12.6. The maximum Gasteiger partial charge on any atom is 0.304 e. The third kappa shape index (κ3) is 6.00. The fourth-order valence-electron chi connectivity index (χ4n) is 1.71. The maximum atomic E-state index is 10.6. The summed E-state index contributed by atoms with van der Waals surface area (Å²) in [5, 5.41) is 18.2. The van der Waals surface area contributed by atoms with Crippen LogP contribution in [0.4, 0.5) is 0 Å². The number of aliphatic carboxylic acids is 1. The fraction of sp³-hybridized carbons (Fsp3) is 0.462. The van der Waals surface area contributed by atoms with Gasteiger partial charge in [-0.3, -0.25) is 9.69 Å². The number of aliphatic hydroxyl groups excluding tert-OH is 1. The number of hydrogen-bond acceptors (Lipinski definition) is 3. The van der Waals surface area contributed by atoms with Gasteiger partial charge in [-0.15, -0.1) is 0 Å². The highest BCUT2D eigenvalue weighted by Crippen LogP contribution is 2.13. The van der Waals surface area contributed by atoms with Gasteiger partial charge in [0.05, 0.1) is 6.42 Å². The van der Waals surface area contributed by atoms with Gasteiger partial charge in [-0.25, -0.2) is 0 Å². The molecule has 0 saturated heterocycles. The van der Waals surface area contributed by atoms with E-state index < -0.39 is 5.97 Å². The summed E-state index contributed by atoms with van der Waals surface area (Å²) in [6.07, 6.45) is 0.742. The molecule has 0 amide bonds. The Kier molecular flexibility index (Phi) is 6.72. The number of halogens is 1. The van der Waals surface area contributed by atoms with Crippen LogP contribution in [0, 0.1) is 0 Å². The average molecular weight is 272 g/mol. The topological polar surface area (TPSA) is 60.8 Å². The fourth-order valence-corrected chi connectivity index (χ4v) is 1.92. The SMILES string of the molecule is O=C(O)CCN(CCCO)Cc1cccc(Cl)c1. The molecule has 18 heavy (non-hydrogen) atoms. The first-order chi connectivity index (χ1) is 8.61. The van der Waals surface area contributed by atoms with Crippen molar-refractivity contribution in [3.63, 3.8) is 0 Å². The minimum absolute atomic E-state index is 0.103. The van der Waals surface area contributed by atoms with Gasteiger partial charge in [-0.2, -0.15) is 0 Å². The van der Waals surface area contributed by atoms with Crippen LogP contribution in [0.3, 0.4) is 0 Å². The summed E-state index contributed by atoms with van der Waals surface area (Å²) < 4.78 is 0. The first kappa shape index (κ1) is 15.0. The van der Waals surface area contributed by atoms with Crippen molar-refractivity contribution in [2.24, 2.45) is 0 Å². The van der Waals surface area contributed by atoms with Crippen LogP contribution in [0.5, 0.6) is 0 Å². The lowest BCUT2D eigenvalue weighted by atomic mass is 10.2. The Morgan fingerprint density at radius 1 is 1.33 bits per heavy atom. The standard InChI is InChI=1S/C13H18ClNO3/c14-12-4-1-3-11(9-12)10-15(6-2-8-16)7-5-13(17)18/h1,3-4,9,16H,2,5-8,10H2,(H,17,18). The third-order valence-corrected chi connectivity index (χ3v) is 2.80. The van der Waals surface area contributed by atoms with Gasteiger partial charge in [-0.1, -0.05) is 23.7 Å². The molecule has 1 aromatic carbocycles. The van der Waals surface area contributed by atoms with Gasteiger partial charge in [0.1, 0.15) is 0 Å². The zero-order chi connectivity index (χ0) is 13.4. The molecule has 0 atom stereocenters. The molecule has 100 valence electrons. The molecule has 0 aliphatic carbocycles. The largest absolute Gasteiger partial charge is 0.481 e. The third-order valence-electron chi connectivity index (χ3n) is 2.57. The second kappa shape index (κ2) is 8.08. The zero-order valence-electron chi connectivity index (χ0n) is 10.2. The Labute approximate surface area is 112 Å². The number of benzene rings is 1. The Morgan fingerprint density at radius 2 is 2.11 bits per heavy atom. The first-order valence-corrected chi connectivity index (χ1v) is 6.29. The van der Waals surface area contributed by atoms with Crippen molar-refractivity contribution in [1.29, 1.82) is 0 Å². The number of nitrogens with zero attached hydrogens (tertiary/aromatic N) is 1. The molecule has 0 saturated carbocycles. The molecule has 0 fully saturated rings. The molecule has 0 radical (unpaired) electrons. The summed E-state index contributed by atoms with van der Waals surface area (Å²) in [7, 11) is 0. The van der Waals surface area contributed by atoms with E-state index in [1.54, 1.807) is 6.07 Å². The van der Waals surface area contributed by atoms with E-state index in [-0.39, 0.29) is 13.0 Å². The van der Waals surface area contributed by atoms with E-state index in [2.05, 4.69) is 0 Å².